The molecule has 0 aliphatic rings. The van der Waals surface area contributed by atoms with E-state index in [0.29, 0.717) is 22.1 Å². The Morgan fingerprint density at radius 1 is 1.18 bits per heavy atom. The van der Waals surface area contributed by atoms with Gasteiger partial charge in [-0.25, -0.2) is 14.8 Å². The average molecular weight is 398 g/mol. The van der Waals surface area contributed by atoms with Crippen LogP contribution < -0.4 is 10.9 Å². The van der Waals surface area contributed by atoms with Gasteiger partial charge in [0, 0.05) is 11.6 Å². The topological polar surface area (TPSA) is 103 Å². The molecule has 0 saturated heterocycles. The van der Waals surface area contributed by atoms with Crippen LogP contribution in [0.1, 0.15) is 21.2 Å². The number of benzene rings is 1. The molecule has 8 nitrogen and oxygen atoms in total. The summed E-state index contributed by atoms with van der Waals surface area (Å²) in [6.45, 7) is 3.11. The number of carbonyl (C=O) groups excluding carboxylic acids is 2. The summed E-state index contributed by atoms with van der Waals surface area (Å²) < 4.78 is 5.96. The van der Waals surface area contributed by atoms with E-state index in [1.165, 1.54) is 17.7 Å². The molecule has 0 radical (unpaired) electrons. The number of amides is 1. The summed E-state index contributed by atoms with van der Waals surface area (Å²) in [6, 6.07) is 10.7. The lowest BCUT2D eigenvalue weighted by atomic mass is 10.1. The van der Waals surface area contributed by atoms with Crippen LogP contribution in [-0.4, -0.2) is 33.5 Å². The van der Waals surface area contributed by atoms with Gasteiger partial charge in [0.1, 0.15) is 17.2 Å². The predicted molar refractivity (Wildman–Crippen MR) is 105 cm³/mol. The van der Waals surface area contributed by atoms with Crippen LogP contribution in [0.5, 0.6) is 0 Å². The van der Waals surface area contributed by atoms with Crippen LogP contribution in [0.25, 0.3) is 11.3 Å². The zero-order valence-electron chi connectivity index (χ0n) is 15.6. The summed E-state index contributed by atoms with van der Waals surface area (Å²) >= 11 is 1.02. The zero-order valence-corrected chi connectivity index (χ0v) is 16.4. The normalized spacial score (nSPS) is 10.5. The van der Waals surface area contributed by atoms with Crippen molar-refractivity contribution in [2.45, 2.75) is 20.4 Å². The number of hydrogen-bond donors (Lipinski definition) is 1. The van der Waals surface area contributed by atoms with Crippen molar-refractivity contribution in [1.29, 1.82) is 0 Å². The summed E-state index contributed by atoms with van der Waals surface area (Å²) in [5, 5.41) is 2.87. The molecule has 1 N–H and O–H groups in total. The van der Waals surface area contributed by atoms with E-state index in [0.717, 1.165) is 16.9 Å². The molecule has 144 valence electrons. The molecule has 0 fully saturated rings. The lowest BCUT2D eigenvalue weighted by molar-refractivity contribution is -0.116. The number of nitrogens with one attached hydrogen (secondary N) is 1. The molecule has 0 spiro atoms. The lowest BCUT2D eigenvalue weighted by Crippen LogP contribution is -2.29. The van der Waals surface area contributed by atoms with Gasteiger partial charge in [-0.05, 0) is 13.8 Å². The molecule has 0 atom stereocenters. The Morgan fingerprint density at radius 2 is 1.89 bits per heavy atom. The van der Waals surface area contributed by atoms with Crippen molar-refractivity contribution >= 4 is 28.3 Å². The van der Waals surface area contributed by atoms with Crippen LogP contribution in [0.2, 0.25) is 0 Å². The van der Waals surface area contributed by atoms with Gasteiger partial charge in [0.15, 0.2) is 5.13 Å². The third-order valence-corrected chi connectivity index (χ3v) is 5.04. The number of esters is 1. The first-order valence-electron chi connectivity index (χ1n) is 8.38. The number of thiazole rings is 1. The summed E-state index contributed by atoms with van der Waals surface area (Å²) in [7, 11) is 1.28. The van der Waals surface area contributed by atoms with Gasteiger partial charge < -0.3 is 10.1 Å². The minimum Gasteiger partial charge on any atom is -0.465 e. The molecule has 1 amide bonds. The van der Waals surface area contributed by atoms with Crippen molar-refractivity contribution in [1.82, 2.24) is 14.5 Å². The standard InChI is InChI=1S/C19H18N4O4S/c1-11-17(18(26)27-3)28-19(20-11)22-15(24)10-23-12(2)21-14(9-16(23)25)13-7-5-4-6-8-13/h4-9H,10H2,1-3H3,(H,20,22,24). The van der Waals surface area contributed by atoms with Gasteiger partial charge in [-0.2, -0.15) is 0 Å². The molecular weight excluding hydrogens is 380 g/mol. The van der Waals surface area contributed by atoms with Crippen LogP contribution in [0.3, 0.4) is 0 Å². The lowest BCUT2D eigenvalue weighted by Gasteiger charge is -2.10. The smallest absolute Gasteiger partial charge is 0.350 e. The van der Waals surface area contributed by atoms with E-state index in [9.17, 15) is 14.4 Å². The van der Waals surface area contributed by atoms with E-state index >= 15 is 0 Å². The maximum absolute atomic E-state index is 12.5. The Morgan fingerprint density at radius 3 is 2.54 bits per heavy atom. The highest BCUT2D eigenvalue weighted by atomic mass is 32.1. The van der Waals surface area contributed by atoms with Crippen LogP contribution in [-0.2, 0) is 16.1 Å². The van der Waals surface area contributed by atoms with Gasteiger partial charge in [0.05, 0.1) is 18.5 Å². The number of aromatic nitrogens is 3. The second kappa shape index (κ2) is 8.13. The number of carbonyl (C=O) groups is 2. The molecule has 2 heterocycles. The van der Waals surface area contributed by atoms with E-state index in [-0.39, 0.29) is 17.2 Å². The fourth-order valence-electron chi connectivity index (χ4n) is 2.60. The molecule has 9 heteroatoms. The Hall–Kier alpha value is -3.33. The van der Waals surface area contributed by atoms with Gasteiger partial charge >= 0.3 is 5.97 Å². The monoisotopic (exact) mass is 398 g/mol. The second-order valence-corrected chi connectivity index (χ2v) is 6.95. The number of aryl methyl sites for hydroxylation is 2. The fraction of sp³-hybridized carbons (Fsp3) is 0.211. The molecular formula is C19H18N4O4S. The van der Waals surface area contributed by atoms with Gasteiger partial charge in [-0.1, -0.05) is 41.7 Å². The summed E-state index contributed by atoms with van der Waals surface area (Å²) in [6.07, 6.45) is 0. The molecule has 3 aromatic rings. The van der Waals surface area contributed by atoms with Crippen molar-refractivity contribution in [3.8, 4) is 11.3 Å². The highest BCUT2D eigenvalue weighted by Crippen LogP contribution is 2.23. The molecule has 0 unspecified atom stereocenters. The minimum absolute atomic E-state index is 0.209. The van der Waals surface area contributed by atoms with Gasteiger partial charge in [0.2, 0.25) is 5.91 Å². The Kier molecular flexibility index (Phi) is 5.65. The van der Waals surface area contributed by atoms with Crippen molar-refractivity contribution in [2.75, 3.05) is 12.4 Å². The van der Waals surface area contributed by atoms with Crippen molar-refractivity contribution in [3.05, 3.63) is 63.1 Å². The number of anilines is 1. The highest BCUT2D eigenvalue weighted by molar-refractivity contribution is 7.17. The molecule has 3 rings (SSSR count). The maximum Gasteiger partial charge on any atom is 0.350 e. The van der Waals surface area contributed by atoms with E-state index in [4.69, 9.17) is 0 Å². The molecule has 28 heavy (non-hydrogen) atoms. The fourth-order valence-corrected chi connectivity index (χ4v) is 3.51. The van der Waals surface area contributed by atoms with Gasteiger partial charge in [-0.15, -0.1) is 0 Å². The van der Waals surface area contributed by atoms with E-state index in [2.05, 4.69) is 20.0 Å². The van der Waals surface area contributed by atoms with E-state index < -0.39 is 11.9 Å². The number of methoxy groups -OCH3 is 1. The molecule has 0 saturated carbocycles. The first-order valence-corrected chi connectivity index (χ1v) is 9.20. The Bertz CT molecular complexity index is 1090. The van der Waals surface area contributed by atoms with Crippen LogP contribution in [0, 0.1) is 13.8 Å². The largest absolute Gasteiger partial charge is 0.465 e. The Labute approximate surface area is 164 Å². The first-order chi connectivity index (χ1) is 13.4. The van der Waals surface area contributed by atoms with E-state index in [1.54, 1.807) is 13.8 Å². The third kappa shape index (κ3) is 4.15. The minimum atomic E-state index is -0.511. The Balaban J connectivity index is 1.78. The van der Waals surface area contributed by atoms with E-state index in [1.807, 2.05) is 30.3 Å². The summed E-state index contributed by atoms with van der Waals surface area (Å²) in [5.74, 6) is -0.528. The highest BCUT2D eigenvalue weighted by Gasteiger charge is 2.18. The molecule has 0 aliphatic carbocycles. The summed E-state index contributed by atoms with van der Waals surface area (Å²) in [5.41, 5.74) is 1.52. The third-order valence-electron chi connectivity index (χ3n) is 3.98. The van der Waals surface area contributed by atoms with Crippen molar-refractivity contribution in [3.63, 3.8) is 0 Å². The van der Waals surface area contributed by atoms with Gasteiger partial charge in [-0.3, -0.25) is 14.2 Å². The van der Waals surface area contributed by atoms with Crippen LogP contribution >= 0.6 is 11.3 Å². The second-order valence-electron chi connectivity index (χ2n) is 5.95. The molecule has 2 aromatic heterocycles. The quantitative estimate of drug-likeness (QED) is 0.662. The van der Waals surface area contributed by atoms with Crippen molar-refractivity contribution < 1.29 is 14.3 Å². The molecule has 0 bridgehead atoms. The number of hydrogen-bond acceptors (Lipinski definition) is 7. The number of ether oxygens (including phenoxy) is 1. The van der Waals surface area contributed by atoms with Gasteiger partial charge in [0.25, 0.3) is 5.56 Å². The first kappa shape index (κ1) is 19.4. The molecule has 0 aliphatic heterocycles. The molecule has 1 aromatic carbocycles. The average Bonchev–Trinajstić information content (AvgIpc) is 3.04. The van der Waals surface area contributed by atoms with Crippen LogP contribution in [0.15, 0.2) is 41.2 Å². The van der Waals surface area contributed by atoms with Crippen molar-refractivity contribution in [2.24, 2.45) is 0 Å². The zero-order chi connectivity index (χ0) is 20.3. The number of nitrogens with zero attached hydrogens (tertiary/aromatic N) is 3. The van der Waals surface area contributed by atoms with Crippen LogP contribution in [0.4, 0.5) is 5.13 Å². The summed E-state index contributed by atoms with van der Waals surface area (Å²) in [4.78, 5) is 45.4. The SMILES string of the molecule is COC(=O)c1sc(NC(=O)Cn2c(C)nc(-c3ccccc3)cc2=O)nc1C. The maximum atomic E-state index is 12.5. The number of rotatable bonds is 5. The predicted octanol–water partition coefficient (Wildman–Crippen LogP) is 2.41.